The molecule has 2 aromatic carbocycles. The third-order valence-corrected chi connectivity index (χ3v) is 3.50. The molecule has 3 N–H and O–H groups in total. The molecular weight excluding hydrogens is 362 g/mol. The maximum Gasteiger partial charge on any atom is 0.276 e. The fourth-order valence-electron chi connectivity index (χ4n) is 1.75. The molecule has 0 saturated heterocycles. The molecule has 8 heteroatoms. The second-order valence-electron chi connectivity index (χ2n) is 5.07. The molecular formula is C17H16ClN3O3S. The molecule has 0 aromatic heterocycles. The molecule has 0 atom stereocenters. The highest BCUT2D eigenvalue weighted by atomic mass is 35.5. The molecule has 0 unspecified atom stereocenters. The van der Waals surface area contributed by atoms with Crippen LogP contribution in [0.5, 0.6) is 5.75 Å². The largest absolute Gasteiger partial charge is 0.484 e. The predicted molar refractivity (Wildman–Crippen MR) is 99.5 cm³/mol. The first-order chi connectivity index (χ1) is 11.9. The zero-order valence-electron chi connectivity index (χ0n) is 13.3. The summed E-state index contributed by atoms with van der Waals surface area (Å²) in [6, 6.07) is 13.6. The molecule has 0 heterocycles. The van der Waals surface area contributed by atoms with E-state index in [4.69, 9.17) is 28.6 Å². The van der Waals surface area contributed by atoms with E-state index >= 15 is 0 Å². The Hall–Kier alpha value is -2.64. The molecule has 2 aromatic rings. The predicted octanol–water partition coefficient (Wildman–Crippen LogP) is 2.36. The van der Waals surface area contributed by atoms with Crippen LogP contribution in [0.3, 0.4) is 0 Å². The lowest BCUT2D eigenvalue weighted by Crippen LogP contribution is -2.49. The number of hydrogen-bond acceptors (Lipinski definition) is 4. The number of amides is 2. The summed E-state index contributed by atoms with van der Waals surface area (Å²) in [5.41, 5.74) is 6.28. The molecule has 0 aliphatic heterocycles. The maximum atomic E-state index is 12.0. The summed E-state index contributed by atoms with van der Waals surface area (Å²) in [4.78, 5) is 23.6. The first kappa shape index (κ1) is 18.7. The van der Waals surface area contributed by atoms with Crippen molar-refractivity contribution in [3.05, 3.63) is 64.7 Å². The quantitative estimate of drug-likeness (QED) is 0.563. The first-order valence-electron chi connectivity index (χ1n) is 7.29. The van der Waals surface area contributed by atoms with E-state index in [2.05, 4.69) is 16.2 Å². The van der Waals surface area contributed by atoms with E-state index in [1.165, 1.54) is 0 Å². The number of aryl methyl sites for hydroxylation is 1. The fourth-order valence-corrected chi connectivity index (χ4v) is 2.02. The SMILES string of the molecule is Cc1ccc(C(=O)NC(=S)NNC(=O)COc2ccc(Cl)cc2)cc1. The number of rotatable bonds is 4. The number of nitrogens with one attached hydrogen (secondary N) is 3. The third kappa shape index (κ3) is 6.40. The molecule has 0 bridgehead atoms. The van der Waals surface area contributed by atoms with Crippen molar-refractivity contribution in [1.82, 2.24) is 16.2 Å². The first-order valence-corrected chi connectivity index (χ1v) is 8.08. The van der Waals surface area contributed by atoms with Crippen molar-refractivity contribution in [2.75, 3.05) is 6.61 Å². The number of thiocarbonyl (C=S) groups is 1. The minimum Gasteiger partial charge on any atom is -0.484 e. The highest BCUT2D eigenvalue weighted by Gasteiger charge is 2.08. The lowest BCUT2D eigenvalue weighted by Gasteiger charge is -2.11. The third-order valence-electron chi connectivity index (χ3n) is 3.04. The highest BCUT2D eigenvalue weighted by molar-refractivity contribution is 7.80. The van der Waals surface area contributed by atoms with Crippen molar-refractivity contribution < 1.29 is 14.3 Å². The summed E-state index contributed by atoms with van der Waals surface area (Å²) >= 11 is 10.7. The summed E-state index contributed by atoms with van der Waals surface area (Å²) in [5.74, 6) is -0.319. The van der Waals surface area contributed by atoms with Crippen LogP contribution in [0.15, 0.2) is 48.5 Å². The Morgan fingerprint density at radius 3 is 2.32 bits per heavy atom. The van der Waals surface area contributed by atoms with E-state index in [0.717, 1.165) is 5.56 Å². The normalized spacial score (nSPS) is 9.84. The minimum absolute atomic E-state index is 0.0228. The number of benzene rings is 2. The summed E-state index contributed by atoms with van der Waals surface area (Å²) < 4.78 is 5.28. The molecule has 0 radical (unpaired) electrons. The Bertz CT molecular complexity index is 764. The Kier molecular flexibility index (Phi) is 6.73. The average Bonchev–Trinajstić information content (AvgIpc) is 2.60. The van der Waals surface area contributed by atoms with Gasteiger partial charge in [0.2, 0.25) is 0 Å². The topological polar surface area (TPSA) is 79.5 Å². The number of carbonyl (C=O) groups is 2. The van der Waals surface area contributed by atoms with Gasteiger partial charge in [0.25, 0.3) is 11.8 Å². The van der Waals surface area contributed by atoms with E-state index in [9.17, 15) is 9.59 Å². The minimum atomic E-state index is -0.457. The Morgan fingerprint density at radius 2 is 1.68 bits per heavy atom. The van der Waals surface area contributed by atoms with Gasteiger partial charge in [0.1, 0.15) is 5.75 Å². The van der Waals surface area contributed by atoms with Crippen molar-refractivity contribution in [3.63, 3.8) is 0 Å². The van der Waals surface area contributed by atoms with Crippen LogP contribution >= 0.6 is 23.8 Å². The summed E-state index contributed by atoms with van der Waals surface area (Å²) in [5, 5.41) is 3.02. The van der Waals surface area contributed by atoms with Gasteiger partial charge in [0.05, 0.1) is 0 Å². The zero-order chi connectivity index (χ0) is 18.2. The van der Waals surface area contributed by atoms with Crippen LogP contribution in [-0.4, -0.2) is 23.5 Å². The summed E-state index contributed by atoms with van der Waals surface area (Å²) in [6.07, 6.45) is 0. The van der Waals surface area contributed by atoms with Crippen molar-refractivity contribution in [1.29, 1.82) is 0 Å². The standard InChI is InChI=1S/C17H16ClN3O3S/c1-11-2-4-12(5-3-11)16(23)19-17(25)21-20-15(22)10-24-14-8-6-13(18)7-9-14/h2-9H,10H2,1H3,(H,20,22)(H2,19,21,23,25). The van der Waals surface area contributed by atoms with E-state index in [-0.39, 0.29) is 17.6 Å². The van der Waals surface area contributed by atoms with Gasteiger partial charge in [-0.25, -0.2) is 0 Å². The maximum absolute atomic E-state index is 12.0. The number of carbonyl (C=O) groups excluding carboxylic acids is 2. The monoisotopic (exact) mass is 377 g/mol. The van der Waals surface area contributed by atoms with Gasteiger partial charge in [-0.15, -0.1) is 0 Å². The summed E-state index contributed by atoms with van der Waals surface area (Å²) in [7, 11) is 0. The van der Waals surface area contributed by atoms with Crippen LogP contribution in [-0.2, 0) is 4.79 Å². The van der Waals surface area contributed by atoms with Crippen molar-refractivity contribution in [2.45, 2.75) is 6.92 Å². The number of hydrogen-bond donors (Lipinski definition) is 3. The van der Waals surface area contributed by atoms with Crippen LogP contribution in [0.1, 0.15) is 15.9 Å². The van der Waals surface area contributed by atoms with E-state index < -0.39 is 5.91 Å². The molecule has 6 nitrogen and oxygen atoms in total. The van der Waals surface area contributed by atoms with Gasteiger partial charge in [0, 0.05) is 10.6 Å². The lowest BCUT2D eigenvalue weighted by atomic mass is 10.1. The number of hydrazine groups is 1. The van der Waals surface area contributed by atoms with E-state index in [0.29, 0.717) is 16.3 Å². The van der Waals surface area contributed by atoms with Gasteiger partial charge in [-0.05, 0) is 55.5 Å². The Labute approximate surface area is 155 Å². The Morgan fingerprint density at radius 1 is 1.04 bits per heavy atom. The van der Waals surface area contributed by atoms with Crippen molar-refractivity contribution >= 4 is 40.7 Å². The van der Waals surface area contributed by atoms with Crippen molar-refractivity contribution in [2.24, 2.45) is 0 Å². The summed E-state index contributed by atoms with van der Waals surface area (Å²) in [6.45, 7) is 1.71. The van der Waals surface area contributed by atoms with Crippen LogP contribution in [0, 0.1) is 6.92 Å². The Balaban J connectivity index is 1.71. The zero-order valence-corrected chi connectivity index (χ0v) is 14.9. The van der Waals surface area contributed by atoms with Gasteiger partial charge in [0.15, 0.2) is 11.7 Å². The van der Waals surface area contributed by atoms with Gasteiger partial charge < -0.3 is 4.74 Å². The van der Waals surface area contributed by atoms with Gasteiger partial charge >= 0.3 is 0 Å². The fraction of sp³-hybridized carbons (Fsp3) is 0.118. The molecule has 0 fully saturated rings. The van der Waals surface area contributed by atoms with Gasteiger partial charge in [-0.1, -0.05) is 29.3 Å². The second-order valence-corrected chi connectivity index (χ2v) is 5.91. The van der Waals surface area contributed by atoms with Crippen LogP contribution in [0.2, 0.25) is 5.02 Å². The lowest BCUT2D eigenvalue weighted by molar-refractivity contribution is -0.123. The molecule has 2 amide bonds. The van der Waals surface area contributed by atoms with E-state index in [1.54, 1.807) is 36.4 Å². The smallest absolute Gasteiger partial charge is 0.276 e. The van der Waals surface area contributed by atoms with Crippen LogP contribution in [0.4, 0.5) is 0 Å². The molecule has 25 heavy (non-hydrogen) atoms. The molecule has 0 spiro atoms. The van der Waals surface area contributed by atoms with Crippen molar-refractivity contribution in [3.8, 4) is 5.75 Å². The average molecular weight is 378 g/mol. The molecule has 0 aliphatic rings. The molecule has 2 rings (SSSR count). The van der Waals surface area contributed by atoms with E-state index in [1.807, 2.05) is 19.1 Å². The van der Waals surface area contributed by atoms with Gasteiger partial charge in [-0.3, -0.25) is 25.8 Å². The number of halogens is 1. The number of ether oxygens (including phenoxy) is 1. The van der Waals surface area contributed by atoms with Crippen LogP contribution in [0.25, 0.3) is 0 Å². The molecule has 0 saturated carbocycles. The van der Waals surface area contributed by atoms with Crippen LogP contribution < -0.4 is 20.9 Å². The van der Waals surface area contributed by atoms with Gasteiger partial charge in [-0.2, -0.15) is 0 Å². The highest BCUT2D eigenvalue weighted by Crippen LogP contribution is 2.15. The molecule has 130 valence electrons. The molecule has 0 aliphatic carbocycles. The second kappa shape index (κ2) is 9.00.